The highest BCUT2D eigenvalue weighted by molar-refractivity contribution is 7.12. The Kier molecular flexibility index (Phi) is 3.62. The summed E-state index contributed by atoms with van der Waals surface area (Å²) < 4.78 is 0. The number of para-hydroxylation sites is 1. The first-order valence-corrected chi connectivity index (χ1v) is 8.77. The summed E-state index contributed by atoms with van der Waals surface area (Å²) in [5.41, 5.74) is 3.61. The number of thiophene rings is 1. The fourth-order valence-electron chi connectivity index (χ4n) is 3.07. The number of aryl methyl sites for hydroxylation is 2. The van der Waals surface area contributed by atoms with Gasteiger partial charge in [-0.15, -0.1) is 11.3 Å². The van der Waals surface area contributed by atoms with E-state index in [1.165, 1.54) is 4.88 Å². The SMILES string of the molecule is Cc1ccc2c(c1)C(=O)N(c1ccccc1)C(c1ccc(C)s1)N2. The summed E-state index contributed by atoms with van der Waals surface area (Å²) in [4.78, 5) is 17.5. The van der Waals surface area contributed by atoms with E-state index in [2.05, 4.69) is 24.4 Å². The minimum atomic E-state index is -0.186. The Balaban J connectivity index is 1.87. The number of hydrogen-bond acceptors (Lipinski definition) is 3. The maximum absolute atomic E-state index is 13.3. The van der Waals surface area contributed by atoms with Crippen molar-refractivity contribution in [3.63, 3.8) is 0 Å². The van der Waals surface area contributed by atoms with E-state index in [1.807, 2.05) is 60.4 Å². The van der Waals surface area contributed by atoms with Crippen LogP contribution in [0.25, 0.3) is 0 Å². The smallest absolute Gasteiger partial charge is 0.262 e. The molecule has 1 aromatic heterocycles. The number of carbonyl (C=O) groups is 1. The number of rotatable bonds is 2. The summed E-state index contributed by atoms with van der Waals surface area (Å²) >= 11 is 1.72. The van der Waals surface area contributed by atoms with E-state index in [0.29, 0.717) is 0 Å². The van der Waals surface area contributed by atoms with Gasteiger partial charge >= 0.3 is 0 Å². The Morgan fingerprint density at radius 3 is 2.50 bits per heavy atom. The number of nitrogens with zero attached hydrogens (tertiary/aromatic N) is 1. The normalized spacial score (nSPS) is 16.7. The van der Waals surface area contributed by atoms with E-state index >= 15 is 0 Å². The number of carbonyl (C=O) groups excluding carboxylic acids is 1. The molecule has 1 atom stereocenters. The zero-order chi connectivity index (χ0) is 16.7. The molecule has 3 aromatic rings. The fourth-order valence-corrected chi connectivity index (χ4v) is 3.99. The van der Waals surface area contributed by atoms with Crippen LogP contribution in [0, 0.1) is 13.8 Å². The van der Waals surface area contributed by atoms with E-state index in [0.717, 1.165) is 27.4 Å². The molecule has 1 unspecified atom stereocenters. The van der Waals surface area contributed by atoms with Gasteiger partial charge in [-0.2, -0.15) is 0 Å². The highest BCUT2D eigenvalue weighted by Crippen LogP contribution is 2.38. The van der Waals surface area contributed by atoms with Crippen LogP contribution in [0.1, 0.15) is 31.8 Å². The van der Waals surface area contributed by atoms with Crippen molar-refractivity contribution in [1.82, 2.24) is 0 Å². The molecular formula is C20H18N2OS. The topological polar surface area (TPSA) is 32.3 Å². The van der Waals surface area contributed by atoms with Gasteiger partial charge in [0.1, 0.15) is 6.17 Å². The average molecular weight is 334 g/mol. The third-order valence-electron chi connectivity index (χ3n) is 4.24. The molecule has 1 aliphatic rings. The molecule has 24 heavy (non-hydrogen) atoms. The second kappa shape index (κ2) is 5.80. The van der Waals surface area contributed by atoms with Gasteiger partial charge in [-0.3, -0.25) is 9.69 Å². The molecule has 3 nitrogen and oxygen atoms in total. The van der Waals surface area contributed by atoms with Gasteiger partial charge in [-0.05, 0) is 50.2 Å². The third kappa shape index (κ3) is 2.49. The molecule has 1 amide bonds. The van der Waals surface area contributed by atoms with Crippen LogP contribution in [0.4, 0.5) is 11.4 Å². The summed E-state index contributed by atoms with van der Waals surface area (Å²) in [5, 5.41) is 3.55. The van der Waals surface area contributed by atoms with Crippen molar-refractivity contribution in [2.24, 2.45) is 0 Å². The first-order valence-electron chi connectivity index (χ1n) is 7.95. The average Bonchev–Trinajstić information content (AvgIpc) is 3.02. The monoisotopic (exact) mass is 334 g/mol. The molecule has 1 aliphatic heterocycles. The van der Waals surface area contributed by atoms with Crippen molar-refractivity contribution >= 4 is 28.6 Å². The van der Waals surface area contributed by atoms with Gasteiger partial charge in [0.15, 0.2) is 0 Å². The first kappa shape index (κ1) is 15.0. The van der Waals surface area contributed by atoms with Gasteiger partial charge in [0.05, 0.1) is 5.56 Å². The molecule has 2 aromatic carbocycles. The van der Waals surface area contributed by atoms with Crippen LogP contribution in [0.2, 0.25) is 0 Å². The van der Waals surface area contributed by atoms with Gasteiger partial charge in [0.25, 0.3) is 5.91 Å². The fraction of sp³-hybridized carbons (Fsp3) is 0.150. The predicted molar refractivity (Wildman–Crippen MR) is 99.9 cm³/mol. The van der Waals surface area contributed by atoms with Crippen molar-refractivity contribution in [2.75, 3.05) is 10.2 Å². The molecule has 4 heteroatoms. The van der Waals surface area contributed by atoms with Gasteiger partial charge in [0, 0.05) is 21.1 Å². The van der Waals surface area contributed by atoms with Gasteiger partial charge in [0.2, 0.25) is 0 Å². The highest BCUT2D eigenvalue weighted by atomic mass is 32.1. The zero-order valence-electron chi connectivity index (χ0n) is 13.6. The van der Waals surface area contributed by atoms with Crippen LogP contribution in [-0.4, -0.2) is 5.91 Å². The van der Waals surface area contributed by atoms with Crippen LogP contribution in [0.15, 0.2) is 60.7 Å². The molecular weight excluding hydrogens is 316 g/mol. The van der Waals surface area contributed by atoms with E-state index < -0.39 is 0 Å². The molecule has 0 radical (unpaired) electrons. The van der Waals surface area contributed by atoms with Crippen molar-refractivity contribution in [3.8, 4) is 0 Å². The van der Waals surface area contributed by atoms with Gasteiger partial charge in [-0.25, -0.2) is 0 Å². The summed E-state index contributed by atoms with van der Waals surface area (Å²) in [7, 11) is 0. The number of nitrogens with one attached hydrogen (secondary N) is 1. The second-order valence-corrected chi connectivity index (χ2v) is 7.37. The largest absolute Gasteiger partial charge is 0.360 e. The third-order valence-corrected chi connectivity index (χ3v) is 5.29. The van der Waals surface area contributed by atoms with Crippen molar-refractivity contribution in [1.29, 1.82) is 0 Å². The Morgan fingerprint density at radius 1 is 1.00 bits per heavy atom. The maximum Gasteiger partial charge on any atom is 0.262 e. The van der Waals surface area contributed by atoms with Crippen LogP contribution in [0.5, 0.6) is 0 Å². The molecule has 0 saturated carbocycles. The number of benzene rings is 2. The molecule has 0 aliphatic carbocycles. The summed E-state index contributed by atoms with van der Waals surface area (Å²) in [6.07, 6.45) is -0.186. The number of hydrogen-bond donors (Lipinski definition) is 1. The van der Waals surface area contributed by atoms with Gasteiger partial charge < -0.3 is 5.32 Å². The minimum absolute atomic E-state index is 0.0368. The zero-order valence-corrected chi connectivity index (χ0v) is 14.4. The number of amides is 1. The molecule has 0 bridgehead atoms. The molecule has 2 heterocycles. The molecule has 0 spiro atoms. The van der Waals surface area contributed by atoms with E-state index in [-0.39, 0.29) is 12.1 Å². The number of anilines is 2. The Labute approximate surface area is 145 Å². The summed E-state index contributed by atoms with van der Waals surface area (Å²) in [6.45, 7) is 4.10. The van der Waals surface area contributed by atoms with Crippen molar-refractivity contribution in [2.45, 2.75) is 20.0 Å². The lowest BCUT2D eigenvalue weighted by molar-refractivity contribution is 0.0975. The van der Waals surface area contributed by atoms with Crippen LogP contribution in [0.3, 0.4) is 0 Å². The maximum atomic E-state index is 13.3. The molecule has 0 saturated heterocycles. The molecule has 0 fully saturated rings. The molecule has 120 valence electrons. The van der Waals surface area contributed by atoms with Crippen molar-refractivity contribution in [3.05, 3.63) is 81.5 Å². The summed E-state index contributed by atoms with van der Waals surface area (Å²) in [6, 6.07) is 20.0. The Hall–Kier alpha value is -2.59. The Bertz CT molecular complexity index is 901. The van der Waals surface area contributed by atoms with Crippen LogP contribution < -0.4 is 10.2 Å². The predicted octanol–water partition coefficient (Wildman–Crippen LogP) is 5.14. The molecule has 4 rings (SSSR count). The first-order chi connectivity index (χ1) is 11.6. The Morgan fingerprint density at radius 2 is 1.79 bits per heavy atom. The van der Waals surface area contributed by atoms with Crippen LogP contribution in [-0.2, 0) is 0 Å². The minimum Gasteiger partial charge on any atom is -0.360 e. The second-order valence-electron chi connectivity index (χ2n) is 6.06. The lowest BCUT2D eigenvalue weighted by atomic mass is 10.0. The van der Waals surface area contributed by atoms with Crippen molar-refractivity contribution < 1.29 is 4.79 Å². The van der Waals surface area contributed by atoms with E-state index in [1.54, 1.807) is 11.3 Å². The lowest BCUT2D eigenvalue weighted by Crippen LogP contribution is -2.42. The van der Waals surface area contributed by atoms with E-state index in [4.69, 9.17) is 0 Å². The molecule has 1 N–H and O–H groups in total. The van der Waals surface area contributed by atoms with E-state index in [9.17, 15) is 4.79 Å². The lowest BCUT2D eigenvalue weighted by Gasteiger charge is -2.37. The van der Waals surface area contributed by atoms with Crippen LogP contribution >= 0.6 is 11.3 Å². The standard InChI is InChI=1S/C20H18N2OS/c1-13-8-10-17-16(12-13)20(23)22(15-6-4-3-5-7-15)19(21-17)18-11-9-14(2)24-18/h3-12,19,21H,1-2H3. The quantitative estimate of drug-likeness (QED) is 0.704. The number of fused-ring (bicyclic) bond motifs is 1. The van der Waals surface area contributed by atoms with Gasteiger partial charge in [-0.1, -0.05) is 29.8 Å². The highest BCUT2D eigenvalue weighted by Gasteiger charge is 2.34. The summed E-state index contributed by atoms with van der Waals surface area (Å²) in [5.74, 6) is 0.0368.